The molecule has 3 nitrogen and oxygen atoms in total. The first-order valence-electron chi connectivity index (χ1n) is 6.70. The summed E-state index contributed by atoms with van der Waals surface area (Å²) in [4.78, 5) is 0. The van der Waals surface area contributed by atoms with E-state index in [0.717, 1.165) is 5.92 Å². The summed E-state index contributed by atoms with van der Waals surface area (Å²) in [6.45, 7) is 1.85. The molecular weight excluding hydrogens is 204 g/mol. The van der Waals surface area contributed by atoms with Crippen molar-refractivity contribution >= 4 is 0 Å². The highest BCUT2D eigenvalue weighted by atomic mass is 16.5. The van der Waals surface area contributed by atoms with Crippen LogP contribution in [0.2, 0.25) is 0 Å². The number of ether oxygens (including phenoxy) is 2. The average Bonchev–Trinajstić information content (AvgIpc) is 2.64. The van der Waals surface area contributed by atoms with Gasteiger partial charge < -0.3 is 14.6 Å². The third-order valence-corrected chi connectivity index (χ3v) is 4.15. The van der Waals surface area contributed by atoms with Crippen molar-refractivity contribution in [2.24, 2.45) is 5.92 Å². The van der Waals surface area contributed by atoms with Gasteiger partial charge in [0.1, 0.15) is 0 Å². The van der Waals surface area contributed by atoms with Crippen molar-refractivity contribution in [3.05, 3.63) is 0 Å². The van der Waals surface area contributed by atoms with Gasteiger partial charge in [-0.15, -0.1) is 0 Å². The Morgan fingerprint density at radius 2 is 1.75 bits per heavy atom. The maximum Gasteiger partial charge on any atom is 0.0711 e. The van der Waals surface area contributed by atoms with E-state index >= 15 is 0 Å². The van der Waals surface area contributed by atoms with Crippen LogP contribution in [-0.2, 0) is 9.47 Å². The van der Waals surface area contributed by atoms with Gasteiger partial charge in [-0.1, -0.05) is 19.3 Å². The molecule has 16 heavy (non-hydrogen) atoms. The van der Waals surface area contributed by atoms with Crippen molar-refractivity contribution in [1.82, 2.24) is 0 Å². The second-order valence-electron chi connectivity index (χ2n) is 5.08. The van der Waals surface area contributed by atoms with Crippen LogP contribution in [0.25, 0.3) is 0 Å². The van der Waals surface area contributed by atoms with Gasteiger partial charge in [0.05, 0.1) is 32.0 Å². The molecular formula is C13H24O3. The highest BCUT2D eigenvalue weighted by molar-refractivity contribution is 4.96. The Bertz CT molecular complexity index is 195. The van der Waals surface area contributed by atoms with Crippen molar-refractivity contribution < 1.29 is 14.6 Å². The molecule has 0 aromatic rings. The van der Waals surface area contributed by atoms with Gasteiger partial charge in [-0.3, -0.25) is 0 Å². The van der Waals surface area contributed by atoms with Crippen LogP contribution in [-0.4, -0.2) is 37.1 Å². The molecule has 0 bridgehead atoms. The summed E-state index contributed by atoms with van der Waals surface area (Å²) in [6, 6.07) is 0. The van der Waals surface area contributed by atoms with Crippen LogP contribution in [0.5, 0.6) is 0 Å². The molecule has 1 N–H and O–H groups in total. The lowest BCUT2D eigenvalue weighted by Crippen LogP contribution is -2.42. The molecule has 0 spiro atoms. The van der Waals surface area contributed by atoms with Gasteiger partial charge in [0.2, 0.25) is 0 Å². The predicted octanol–water partition coefficient (Wildman–Crippen LogP) is 2.12. The third-order valence-electron chi connectivity index (χ3n) is 4.15. The van der Waals surface area contributed by atoms with Gasteiger partial charge in [-0.05, 0) is 31.6 Å². The van der Waals surface area contributed by atoms with Gasteiger partial charge >= 0.3 is 0 Å². The summed E-state index contributed by atoms with van der Waals surface area (Å²) in [5.74, 6) is 0.813. The van der Waals surface area contributed by atoms with E-state index < -0.39 is 0 Å². The molecule has 2 fully saturated rings. The van der Waals surface area contributed by atoms with Gasteiger partial charge in [0.15, 0.2) is 0 Å². The molecule has 3 heteroatoms. The molecule has 2 rings (SSSR count). The SMILES string of the molecule is OCCOCCOC1(C2CCC2)CCCC1. The molecule has 2 aliphatic rings. The first-order chi connectivity index (χ1) is 7.87. The zero-order chi connectivity index (χ0) is 11.3. The molecule has 0 aromatic heterocycles. The lowest BCUT2D eigenvalue weighted by molar-refractivity contribution is -0.118. The molecule has 0 amide bonds. The molecule has 0 aliphatic heterocycles. The fourth-order valence-electron chi connectivity index (χ4n) is 3.05. The van der Waals surface area contributed by atoms with Crippen LogP contribution in [0.15, 0.2) is 0 Å². The van der Waals surface area contributed by atoms with Crippen molar-refractivity contribution in [3.63, 3.8) is 0 Å². The highest BCUT2D eigenvalue weighted by Gasteiger charge is 2.44. The van der Waals surface area contributed by atoms with Crippen LogP contribution in [0, 0.1) is 5.92 Å². The Morgan fingerprint density at radius 3 is 2.31 bits per heavy atom. The first kappa shape index (κ1) is 12.3. The number of hydrogen-bond donors (Lipinski definition) is 1. The number of rotatable bonds is 7. The average molecular weight is 228 g/mol. The van der Waals surface area contributed by atoms with Gasteiger partial charge in [0, 0.05) is 0 Å². The number of aliphatic hydroxyl groups excluding tert-OH is 1. The first-order valence-corrected chi connectivity index (χ1v) is 6.70. The third kappa shape index (κ3) is 2.76. The predicted molar refractivity (Wildman–Crippen MR) is 62.4 cm³/mol. The fourth-order valence-corrected chi connectivity index (χ4v) is 3.05. The van der Waals surface area contributed by atoms with E-state index in [0.29, 0.717) is 19.8 Å². The molecule has 0 radical (unpaired) electrons. The van der Waals surface area contributed by atoms with E-state index in [2.05, 4.69) is 0 Å². The van der Waals surface area contributed by atoms with E-state index in [-0.39, 0.29) is 12.2 Å². The van der Waals surface area contributed by atoms with Gasteiger partial charge in [-0.25, -0.2) is 0 Å². The monoisotopic (exact) mass is 228 g/mol. The Hall–Kier alpha value is -0.120. The van der Waals surface area contributed by atoms with E-state index in [4.69, 9.17) is 14.6 Å². The van der Waals surface area contributed by atoms with Crippen molar-refractivity contribution in [1.29, 1.82) is 0 Å². The minimum Gasteiger partial charge on any atom is -0.394 e. The normalized spacial score (nSPS) is 24.6. The summed E-state index contributed by atoms with van der Waals surface area (Å²) in [5.41, 5.74) is 0.195. The number of aliphatic hydroxyl groups is 1. The van der Waals surface area contributed by atoms with E-state index in [1.54, 1.807) is 0 Å². The zero-order valence-electron chi connectivity index (χ0n) is 10.1. The van der Waals surface area contributed by atoms with Crippen LogP contribution in [0.4, 0.5) is 0 Å². The summed E-state index contributed by atoms with van der Waals surface area (Å²) < 4.78 is 11.4. The minimum atomic E-state index is 0.105. The maximum absolute atomic E-state index is 8.60. The molecule has 0 unspecified atom stereocenters. The highest BCUT2D eigenvalue weighted by Crippen LogP contribution is 2.47. The maximum atomic E-state index is 8.60. The van der Waals surface area contributed by atoms with Crippen LogP contribution >= 0.6 is 0 Å². The summed E-state index contributed by atoms with van der Waals surface area (Å²) >= 11 is 0. The van der Waals surface area contributed by atoms with Gasteiger partial charge in [-0.2, -0.15) is 0 Å². The zero-order valence-corrected chi connectivity index (χ0v) is 10.1. The smallest absolute Gasteiger partial charge is 0.0711 e. The molecule has 0 heterocycles. The molecule has 2 saturated carbocycles. The van der Waals surface area contributed by atoms with Crippen LogP contribution < -0.4 is 0 Å². The second-order valence-corrected chi connectivity index (χ2v) is 5.08. The topological polar surface area (TPSA) is 38.7 Å². The summed E-state index contributed by atoms with van der Waals surface area (Å²) in [5, 5.41) is 8.60. The quantitative estimate of drug-likeness (QED) is 0.678. The molecule has 0 atom stereocenters. The minimum absolute atomic E-state index is 0.105. The number of hydrogen-bond acceptors (Lipinski definition) is 3. The Labute approximate surface area is 98.1 Å². The summed E-state index contributed by atoms with van der Waals surface area (Å²) in [7, 11) is 0. The van der Waals surface area contributed by atoms with Crippen LogP contribution in [0.1, 0.15) is 44.9 Å². The molecule has 0 aromatic carbocycles. The Kier molecular flexibility index (Phi) is 4.62. The fraction of sp³-hybridized carbons (Fsp3) is 1.00. The lowest BCUT2D eigenvalue weighted by atomic mass is 9.72. The van der Waals surface area contributed by atoms with Crippen molar-refractivity contribution in [2.45, 2.75) is 50.5 Å². The molecule has 0 saturated heterocycles. The van der Waals surface area contributed by atoms with Crippen LogP contribution in [0.3, 0.4) is 0 Å². The van der Waals surface area contributed by atoms with Crippen molar-refractivity contribution in [3.8, 4) is 0 Å². The lowest BCUT2D eigenvalue weighted by Gasteiger charge is -2.42. The van der Waals surface area contributed by atoms with E-state index in [1.165, 1.54) is 44.9 Å². The summed E-state index contributed by atoms with van der Waals surface area (Å²) in [6.07, 6.45) is 9.25. The largest absolute Gasteiger partial charge is 0.394 e. The standard InChI is InChI=1S/C13H24O3/c14-8-9-15-10-11-16-13(6-1-2-7-13)12-4-3-5-12/h12,14H,1-11H2. The molecule has 94 valence electrons. The Balaban J connectivity index is 1.70. The van der Waals surface area contributed by atoms with E-state index in [9.17, 15) is 0 Å². The van der Waals surface area contributed by atoms with Crippen molar-refractivity contribution in [2.75, 3.05) is 26.4 Å². The molecule has 2 aliphatic carbocycles. The second kappa shape index (κ2) is 5.99. The van der Waals surface area contributed by atoms with E-state index in [1.807, 2.05) is 0 Å². The van der Waals surface area contributed by atoms with Gasteiger partial charge in [0.25, 0.3) is 0 Å². The Morgan fingerprint density at radius 1 is 1.00 bits per heavy atom.